The molecule has 1 fully saturated rings. The van der Waals surface area contributed by atoms with Crippen LogP contribution in [0, 0.1) is 0 Å². The Balaban J connectivity index is 1.59. The van der Waals surface area contributed by atoms with Crippen LogP contribution in [0.25, 0.3) is 0 Å². The molecular formula is C15H19N5O2. The average Bonchev–Trinajstić information content (AvgIpc) is 3.04. The van der Waals surface area contributed by atoms with Crippen molar-refractivity contribution in [2.45, 2.75) is 25.9 Å². The molecular weight excluding hydrogens is 282 g/mol. The topological polar surface area (TPSA) is 73.3 Å². The van der Waals surface area contributed by atoms with Gasteiger partial charge in [0, 0.05) is 25.4 Å². The Morgan fingerprint density at radius 2 is 1.86 bits per heavy atom. The summed E-state index contributed by atoms with van der Waals surface area (Å²) in [6.07, 6.45) is 8.84. The minimum atomic E-state index is 0.0443. The summed E-state index contributed by atoms with van der Waals surface area (Å²) >= 11 is 0. The van der Waals surface area contributed by atoms with E-state index in [1.54, 1.807) is 19.5 Å². The van der Waals surface area contributed by atoms with E-state index in [0.717, 1.165) is 37.4 Å². The van der Waals surface area contributed by atoms with Crippen molar-refractivity contribution in [1.82, 2.24) is 19.9 Å². The molecule has 1 unspecified atom stereocenters. The van der Waals surface area contributed by atoms with E-state index in [-0.39, 0.29) is 6.10 Å². The van der Waals surface area contributed by atoms with E-state index in [0.29, 0.717) is 11.8 Å². The zero-order valence-electron chi connectivity index (χ0n) is 12.8. The molecule has 2 aromatic rings. The van der Waals surface area contributed by atoms with Gasteiger partial charge in [0.2, 0.25) is 5.95 Å². The van der Waals surface area contributed by atoms with Gasteiger partial charge in [0.1, 0.15) is 6.10 Å². The number of methoxy groups -OCH3 is 1. The van der Waals surface area contributed by atoms with Gasteiger partial charge in [-0.1, -0.05) is 6.92 Å². The van der Waals surface area contributed by atoms with Crippen LogP contribution in [0.5, 0.6) is 11.8 Å². The number of rotatable bonds is 5. The second-order valence-corrected chi connectivity index (χ2v) is 5.12. The third-order valence-electron chi connectivity index (χ3n) is 3.64. The van der Waals surface area contributed by atoms with Crippen LogP contribution >= 0.6 is 0 Å². The minimum absolute atomic E-state index is 0.0443. The molecule has 1 atom stereocenters. The third kappa shape index (κ3) is 3.24. The van der Waals surface area contributed by atoms with Gasteiger partial charge in [-0.25, -0.2) is 9.97 Å². The number of nitrogens with zero attached hydrogens (tertiary/aromatic N) is 5. The summed E-state index contributed by atoms with van der Waals surface area (Å²) in [4.78, 5) is 19.2. The smallest absolute Gasteiger partial charge is 0.316 e. The number of hydrogen-bond donors (Lipinski definition) is 0. The highest BCUT2D eigenvalue weighted by molar-refractivity contribution is 5.32. The van der Waals surface area contributed by atoms with Crippen molar-refractivity contribution in [2.24, 2.45) is 0 Å². The maximum Gasteiger partial charge on any atom is 0.316 e. The Bertz CT molecular complexity index is 602. The highest BCUT2D eigenvalue weighted by Crippen LogP contribution is 2.19. The van der Waals surface area contributed by atoms with E-state index in [4.69, 9.17) is 9.47 Å². The first-order valence-corrected chi connectivity index (χ1v) is 7.37. The van der Waals surface area contributed by atoms with Crippen molar-refractivity contribution in [3.8, 4) is 11.8 Å². The monoisotopic (exact) mass is 301 g/mol. The van der Waals surface area contributed by atoms with Gasteiger partial charge in [0.05, 0.1) is 26.0 Å². The summed E-state index contributed by atoms with van der Waals surface area (Å²) in [5, 5.41) is 0. The first-order valence-electron chi connectivity index (χ1n) is 7.37. The molecule has 0 spiro atoms. The van der Waals surface area contributed by atoms with Crippen LogP contribution in [0.15, 0.2) is 24.8 Å². The van der Waals surface area contributed by atoms with Crippen LogP contribution in [-0.2, 0) is 6.42 Å². The van der Waals surface area contributed by atoms with Crippen LogP contribution in [0.4, 0.5) is 5.95 Å². The minimum Gasteiger partial charge on any atom is -0.494 e. The lowest BCUT2D eigenvalue weighted by molar-refractivity contribution is 0.205. The Labute approximate surface area is 129 Å². The lowest BCUT2D eigenvalue weighted by Gasteiger charge is -2.16. The second kappa shape index (κ2) is 6.55. The number of aryl methyl sites for hydroxylation is 1. The molecule has 7 heteroatoms. The van der Waals surface area contributed by atoms with Gasteiger partial charge < -0.3 is 14.4 Å². The Hall–Kier alpha value is -2.44. The molecule has 0 N–H and O–H groups in total. The van der Waals surface area contributed by atoms with Gasteiger partial charge in [0.15, 0.2) is 5.75 Å². The summed E-state index contributed by atoms with van der Waals surface area (Å²) in [5.41, 5.74) is 1.14. The quantitative estimate of drug-likeness (QED) is 0.828. The molecule has 3 heterocycles. The maximum absolute atomic E-state index is 5.80. The van der Waals surface area contributed by atoms with E-state index in [1.165, 1.54) is 0 Å². The maximum atomic E-state index is 5.80. The van der Waals surface area contributed by atoms with Crippen LogP contribution in [-0.4, -0.2) is 46.2 Å². The standard InChI is InChI=1S/C15H19N5O2/c1-3-11-6-16-14(17-7-11)20-5-4-12(10-20)22-15-18-8-13(21-2)9-19-15/h6-9,12H,3-5,10H2,1-2H3. The van der Waals surface area contributed by atoms with Gasteiger partial charge in [-0.05, 0) is 12.0 Å². The summed E-state index contributed by atoms with van der Waals surface area (Å²) in [7, 11) is 1.58. The molecule has 0 saturated carbocycles. The summed E-state index contributed by atoms with van der Waals surface area (Å²) in [5.74, 6) is 1.36. The van der Waals surface area contributed by atoms with Gasteiger partial charge >= 0.3 is 6.01 Å². The zero-order valence-corrected chi connectivity index (χ0v) is 12.8. The molecule has 1 aliphatic heterocycles. The van der Waals surface area contributed by atoms with Crippen LogP contribution in [0.3, 0.4) is 0 Å². The lowest BCUT2D eigenvalue weighted by atomic mass is 10.3. The Morgan fingerprint density at radius 3 is 2.50 bits per heavy atom. The molecule has 0 aromatic carbocycles. The molecule has 2 aromatic heterocycles. The normalized spacial score (nSPS) is 17.5. The summed E-state index contributed by atoms with van der Waals surface area (Å²) < 4.78 is 10.8. The van der Waals surface area contributed by atoms with E-state index in [2.05, 4.69) is 31.8 Å². The number of ether oxygens (including phenoxy) is 2. The SMILES string of the molecule is CCc1cnc(N2CCC(Oc3ncc(OC)cn3)C2)nc1. The van der Waals surface area contributed by atoms with Crippen molar-refractivity contribution in [3.63, 3.8) is 0 Å². The van der Waals surface area contributed by atoms with Crippen LogP contribution in [0.2, 0.25) is 0 Å². The molecule has 7 nitrogen and oxygen atoms in total. The molecule has 0 aliphatic carbocycles. The molecule has 22 heavy (non-hydrogen) atoms. The predicted octanol–water partition coefficient (Wildman–Crippen LogP) is 1.50. The summed E-state index contributed by atoms with van der Waals surface area (Å²) in [6, 6.07) is 0.370. The third-order valence-corrected chi connectivity index (χ3v) is 3.64. The van der Waals surface area contributed by atoms with Crippen molar-refractivity contribution >= 4 is 5.95 Å². The molecule has 0 amide bonds. The fourth-order valence-corrected chi connectivity index (χ4v) is 2.32. The molecule has 1 aliphatic rings. The van der Waals surface area contributed by atoms with Gasteiger partial charge in [-0.2, -0.15) is 9.97 Å². The number of anilines is 1. The number of aromatic nitrogens is 4. The van der Waals surface area contributed by atoms with Crippen LogP contribution in [0.1, 0.15) is 18.9 Å². The van der Waals surface area contributed by atoms with Crippen molar-refractivity contribution in [1.29, 1.82) is 0 Å². The van der Waals surface area contributed by atoms with E-state index < -0.39 is 0 Å². The largest absolute Gasteiger partial charge is 0.494 e. The molecule has 1 saturated heterocycles. The van der Waals surface area contributed by atoms with E-state index in [1.807, 2.05) is 12.4 Å². The molecule has 116 valence electrons. The second-order valence-electron chi connectivity index (χ2n) is 5.12. The first-order chi connectivity index (χ1) is 10.8. The fraction of sp³-hybridized carbons (Fsp3) is 0.467. The molecule has 3 rings (SSSR count). The molecule has 0 bridgehead atoms. The van der Waals surface area contributed by atoms with E-state index >= 15 is 0 Å². The highest BCUT2D eigenvalue weighted by atomic mass is 16.5. The van der Waals surface area contributed by atoms with Crippen molar-refractivity contribution in [3.05, 3.63) is 30.4 Å². The van der Waals surface area contributed by atoms with Gasteiger partial charge in [-0.3, -0.25) is 0 Å². The Morgan fingerprint density at radius 1 is 1.14 bits per heavy atom. The lowest BCUT2D eigenvalue weighted by Crippen LogP contribution is -2.26. The van der Waals surface area contributed by atoms with Crippen molar-refractivity contribution in [2.75, 3.05) is 25.1 Å². The zero-order chi connectivity index (χ0) is 15.4. The average molecular weight is 301 g/mol. The predicted molar refractivity (Wildman–Crippen MR) is 81.2 cm³/mol. The van der Waals surface area contributed by atoms with Crippen LogP contribution < -0.4 is 14.4 Å². The van der Waals surface area contributed by atoms with E-state index in [9.17, 15) is 0 Å². The Kier molecular flexibility index (Phi) is 4.32. The first kappa shape index (κ1) is 14.5. The molecule has 0 radical (unpaired) electrons. The van der Waals surface area contributed by atoms with Gasteiger partial charge in [0.25, 0.3) is 0 Å². The number of hydrogen-bond acceptors (Lipinski definition) is 7. The summed E-state index contributed by atoms with van der Waals surface area (Å²) in [6.45, 7) is 3.69. The fourth-order valence-electron chi connectivity index (χ4n) is 2.32. The van der Waals surface area contributed by atoms with Crippen molar-refractivity contribution < 1.29 is 9.47 Å². The van der Waals surface area contributed by atoms with Gasteiger partial charge in [-0.15, -0.1) is 0 Å². The highest BCUT2D eigenvalue weighted by Gasteiger charge is 2.26.